The Bertz CT molecular complexity index is 977. The van der Waals surface area contributed by atoms with Crippen LogP contribution in [0.2, 0.25) is 0 Å². The quantitative estimate of drug-likeness (QED) is 0.458. The number of methoxy groups -OCH3 is 1. The zero-order valence-corrected chi connectivity index (χ0v) is 20.1. The summed E-state index contributed by atoms with van der Waals surface area (Å²) < 4.78 is 10.1. The molecule has 4 N–H and O–H groups in total. The minimum Gasteiger partial charge on any atom is -0.481 e. The van der Waals surface area contributed by atoms with E-state index in [1.165, 1.54) is 7.11 Å². The monoisotopic (exact) mass is 475 g/mol. The standard InChI is InChI=1S/C22H29N3O5.C2H4O2/c1-22(2,3)30-21(28)24-13-19(26)25-18(14-29-4)20(27)23-12-16-10-7-9-15-8-5-6-11-17(15)16;1-2(3)4/h5-11,18H,12-14H2,1-4H3,(H,23,27)(H,24,28)(H,25,26);1H3,(H,3,4). The van der Waals surface area contributed by atoms with Crippen molar-refractivity contribution in [3.63, 3.8) is 0 Å². The van der Waals surface area contributed by atoms with Gasteiger partial charge in [-0.2, -0.15) is 0 Å². The predicted octanol–water partition coefficient (Wildman–Crippen LogP) is 2.20. The van der Waals surface area contributed by atoms with Crippen LogP contribution in [0.3, 0.4) is 0 Å². The SMILES string of the molecule is CC(=O)O.COCC(NC(=O)CNC(=O)OC(C)(C)C)C(=O)NCc1cccc2ccccc12. The molecule has 2 aromatic carbocycles. The fourth-order valence-electron chi connectivity index (χ4n) is 2.81. The van der Waals surface area contributed by atoms with Crippen LogP contribution < -0.4 is 16.0 Å². The van der Waals surface area contributed by atoms with Crippen molar-refractivity contribution in [2.45, 2.75) is 45.9 Å². The van der Waals surface area contributed by atoms with E-state index in [1.54, 1.807) is 20.8 Å². The molecule has 0 radical (unpaired) electrons. The Morgan fingerprint density at radius 1 is 1.00 bits per heavy atom. The van der Waals surface area contributed by atoms with Gasteiger partial charge in [0.2, 0.25) is 11.8 Å². The first-order valence-electron chi connectivity index (χ1n) is 10.6. The number of amides is 3. The molecule has 1 unspecified atom stereocenters. The lowest BCUT2D eigenvalue weighted by Crippen LogP contribution is -2.51. The third-order valence-corrected chi connectivity index (χ3v) is 4.11. The van der Waals surface area contributed by atoms with Gasteiger partial charge in [-0.1, -0.05) is 42.5 Å². The lowest BCUT2D eigenvalue weighted by Gasteiger charge is -2.20. The second-order valence-corrected chi connectivity index (χ2v) is 8.31. The third kappa shape index (κ3) is 11.3. The highest BCUT2D eigenvalue weighted by Gasteiger charge is 2.22. The number of carbonyl (C=O) groups is 4. The highest BCUT2D eigenvalue weighted by atomic mass is 16.6. The molecular formula is C24H33N3O7. The molecule has 0 saturated carbocycles. The first-order valence-corrected chi connectivity index (χ1v) is 10.6. The lowest BCUT2D eigenvalue weighted by molar-refractivity contribution is -0.134. The van der Waals surface area contributed by atoms with Gasteiger partial charge in [0, 0.05) is 20.6 Å². The van der Waals surface area contributed by atoms with Crippen molar-refractivity contribution in [2.24, 2.45) is 0 Å². The van der Waals surface area contributed by atoms with E-state index in [-0.39, 0.29) is 19.1 Å². The maximum atomic E-state index is 12.6. The zero-order chi connectivity index (χ0) is 25.7. The van der Waals surface area contributed by atoms with Crippen molar-refractivity contribution >= 4 is 34.6 Å². The predicted molar refractivity (Wildman–Crippen MR) is 127 cm³/mol. The number of ether oxygens (including phenoxy) is 2. The number of alkyl carbamates (subject to hydrolysis) is 1. The van der Waals surface area contributed by atoms with Gasteiger partial charge < -0.3 is 30.5 Å². The smallest absolute Gasteiger partial charge is 0.408 e. The number of carboxylic acids is 1. The van der Waals surface area contributed by atoms with Gasteiger partial charge in [0.1, 0.15) is 18.2 Å². The second kappa shape index (κ2) is 13.8. The molecule has 0 aromatic heterocycles. The van der Waals surface area contributed by atoms with Gasteiger partial charge in [-0.25, -0.2) is 4.79 Å². The van der Waals surface area contributed by atoms with E-state index in [0.29, 0.717) is 6.54 Å². The normalized spacial score (nSPS) is 11.4. The molecule has 0 bridgehead atoms. The van der Waals surface area contributed by atoms with Gasteiger partial charge in [0.15, 0.2) is 0 Å². The van der Waals surface area contributed by atoms with Crippen molar-refractivity contribution in [1.29, 1.82) is 0 Å². The third-order valence-electron chi connectivity index (χ3n) is 4.11. The molecule has 186 valence electrons. The van der Waals surface area contributed by atoms with Crippen LogP contribution in [0.15, 0.2) is 42.5 Å². The molecule has 34 heavy (non-hydrogen) atoms. The van der Waals surface area contributed by atoms with Crippen molar-refractivity contribution < 1.29 is 33.8 Å². The van der Waals surface area contributed by atoms with Crippen molar-refractivity contribution in [3.05, 3.63) is 48.0 Å². The lowest BCUT2D eigenvalue weighted by atomic mass is 10.0. The summed E-state index contributed by atoms with van der Waals surface area (Å²) >= 11 is 0. The average Bonchev–Trinajstić information content (AvgIpc) is 2.74. The first kappa shape index (κ1) is 28.4. The van der Waals surface area contributed by atoms with Gasteiger partial charge in [-0.05, 0) is 37.1 Å². The minimum atomic E-state index is -0.891. The molecule has 0 saturated heterocycles. The maximum Gasteiger partial charge on any atom is 0.408 e. The van der Waals surface area contributed by atoms with Crippen molar-refractivity contribution in [3.8, 4) is 0 Å². The average molecular weight is 476 g/mol. The molecule has 0 aliphatic rings. The second-order valence-electron chi connectivity index (χ2n) is 8.31. The Balaban J connectivity index is 0.00000133. The Hall–Kier alpha value is -3.66. The largest absolute Gasteiger partial charge is 0.481 e. The van der Waals surface area contributed by atoms with Crippen LogP contribution in [0.1, 0.15) is 33.3 Å². The molecule has 0 aliphatic heterocycles. The summed E-state index contributed by atoms with van der Waals surface area (Å²) in [5.41, 5.74) is 0.302. The van der Waals surface area contributed by atoms with Crippen LogP contribution in [0, 0.1) is 0 Å². The minimum absolute atomic E-state index is 0.000448. The summed E-state index contributed by atoms with van der Waals surface area (Å²) in [5.74, 6) is -1.74. The highest BCUT2D eigenvalue weighted by molar-refractivity contribution is 5.90. The molecule has 0 fully saturated rings. The maximum absolute atomic E-state index is 12.6. The Morgan fingerprint density at radius 2 is 1.62 bits per heavy atom. The van der Waals surface area contributed by atoms with E-state index >= 15 is 0 Å². The Morgan fingerprint density at radius 3 is 2.24 bits per heavy atom. The summed E-state index contributed by atoms with van der Waals surface area (Å²) in [6.45, 7) is 6.25. The molecule has 10 heteroatoms. The summed E-state index contributed by atoms with van der Waals surface area (Å²) in [5, 5.41) is 17.3. The van der Waals surface area contributed by atoms with Gasteiger partial charge in [0.05, 0.1) is 6.61 Å². The fraction of sp³-hybridized carbons (Fsp3) is 0.417. The number of rotatable bonds is 8. The molecule has 0 aliphatic carbocycles. The number of fused-ring (bicyclic) bond motifs is 1. The highest BCUT2D eigenvalue weighted by Crippen LogP contribution is 2.18. The number of aliphatic carboxylic acids is 1. The number of hydrogen-bond acceptors (Lipinski definition) is 6. The van der Waals surface area contributed by atoms with E-state index in [1.807, 2.05) is 42.5 Å². The van der Waals surface area contributed by atoms with Crippen LogP contribution in [-0.4, -0.2) is 60.9 Å². The molecule has 1 atom stereocenters. The summed E-state index contributed by atoms with van der Waals surface area (Å²) in [4.78, 5) is 45.4. The number of carboxylic acid groups (broad SMARTS) is 1. The van der Waals surface area contributed by atoms with Gasteiger partial charge in [-0.15, -0.1) is 0 Å². The Labute approximate surface area is 199 Å². The van der Waals surface area contributed by atoms with Gasteiger partial charge >= 0.3 is 6.09 Å². The molecule has 10 nitrogen and oxygen atoms in total. The van der Waals surface area contributed by atoms with Crippen LogP contribution in [0.4, 0.5) is 4.79 Å². The molecule has 3 amide bonds. The van der Waals surface area contributed by atoms with Crippen molar-refractivity contribution in [1.82, 2.24) is 16.0 Å². The van der Waals surface area contributed by atoms with Crippen LogP contribution in [-0.2, 0) is 30.4 Å². The topological polar surface area (TPSA) is 143 Å². The van der Waals surface area contributed by atoms with Gasteiger partial charge in [0.25, 0.3) is 5.97 Å². The molecule has 0 heterocycles. The van der Waals surface area contributed by atoms with E-state index in [4.69, 9.17) is 19.4 Å². The summed E-state index contributed by atoms with van der Waals surface area (Å²) in [6, 6.07) is 12.9. The Kier molecular flexibility index (Phi) is 11.5. The van der Waals surface area contributed by atoms with E-state index in [9.17, 15) is 14.4 Å². The molecule has 0 spiro atoms. The van der Waals surface area contributed by atoms with E-state index in [0.717, 1.165) is 23.3 Å². The number of carbonyl (C=O) groups excluding carboxylic acids is 3. The van der Waals surface area contributed by atoms with Crippen LogP contribution in [0.5, 0.6) is 0 Å². The molecular weight excluding hydrogens is 442 g/mol. The fourth-order valence-corrected chi connectivity index (χ4v) is 2.81. The number of benzene rings is 2. The van der Waals surface area contributed by atoms with Gasteiger partial charge in [-0.3, -0.25) is 14.4 Å². The van der Waals surface area contributed by atoms with E-state index < -0.39 is 29.6 Å². The summed E-state index contributed by atoms with van der Waals surface area (Å²) in [6.07, 6.45) is -0.707. The number of nitrogens with one attached hydrogen (secondary N) is 3. The van der Waals surface area contributed by atoms with Crippen molar-refractivity contribution in [2.75, 3.05) is 20.3 Å². The number of hydrogen-bond donors (Lipinski definition) is 4. The molecule has 2 aromatic rings. The van der Waals surface area contributed by atoms with Crippen LogP contribution >= 0.6 is 0 Å². The zero-order valence-electron chi connectivity index (χ0n) is 20.1. The molecule has 2 rings (SSSR count). The van der Waals surface area contributed by atoms with Crippen LogP contribution in [0.25, 0.3) is 10.8 Å². The summed E-state index contributed by atoms with van der Waals surface area (Å²) in [7, 11) is 1.44. The first-order chi connectivity index (χ1) is 15.9. The van der Waals surface area contributed by atoms with E-state index in [2.05, 4.69) is 16.0 Å².